The number of fused-ring (bicyclic) bond motifs is 1. The van der Waals surface area contributed by atoms with Crippen LogP contribution >= 0.6 is 0 Å². The molecule has 1 aromatic carbocycles. The van der Waals surface area contributed by atoms with E-state index in [2.05, 4.69) is 57.8 Å². The molecule has 0 aliphatic rings. The summed E-state index contributed by atoms with van der Waals surface area (Å²) in [7, 11) is 0. The van der Waals surface area contributed by atoms with Gasteiger partial charge in [-0.1, -0.05) is 47.6 Å². The van der Waals surface area contributed by atoms with Gasteiger partial charge in [0.1, 0.15) is 5.58 Å². The summed E-state index contributed by atoms with van der Waals surface area (Å²) in [6.45, 7) is 12.7. The average molecular weight is 298 g/mol. The van der Waals surface area contributed by atoms with Gasteiger partial charge in [0.05, 0.1) is 6.26 Å². The molecule has 4 nitrogen and oxygen atoms in total. The number of nitrogens with zero attached hydrogens (tertiary/aromatic N) is 2. The maximum atomic E-state index is 5.79. The fourth-order valence-corrected chi connectivity index (χ4v) is 2.39. The standard InChI is InChI=1S/C18H22N2O2/c1-17(2,3)13-10-21-14-9-11(7-8-12(13)14)15-19-20-16(22-15)18(4,5)6/h7-10H,1-6H3. The van der Waals surface area contributed by atoms with E-state index in [4.69, 9.17) is 8.83 Å². The lowest BCUT2D eigenvalue weighted by Crippen LogP contribution is -2.11. The molecule has 116 valence electrons. The van der Waals surface area contributed by atoms with Crippen molar-refractivity contribution in [1.82, 2.24) is 10.2 Å². The quantitative estimate of drug-likeness (QED) is 0.628. The Bertz CT molecular complexity index is 814. The molecule has 4 heteroatoms. The molecule has 2 heterocycles. The van der Waals surface area contributed by atoms with Crippen molar-refractivity contribution in [2.45, 2.75) is 52.4 Å². The molecule has 3 rings (SSSR count). The van der Waals surface area contributed by atoms with Gasteiger partial charge in [-0.2, -0.15) is 0 Å². The Hall–Kier alpha value is -2.10. The van der Waals surface area contributed by atoms with Crippen molar-refractivity contribution in [2.75, 3.05) is 0 Å². The van der Waals surface area contributed by atoms with Crippen molar-refractivity contribution < 1.29 is 8.83 Å². The summed E-state index contributed by atoms with van der Waals surface area (Å²) < 4.78 is 11.5. The molecule has 0 aliphatic carbocycles. The molecule has 0 saturated heterocycles. The van der Waals surface area contributed by atoms with Crippen molar-refractivity contribution in [3.8, 4) is 11.5 Å². The predicted octanol–water partition coefficient (Wildman–Crippen LogP) is 5.08. The highest BCUT2D eigenvalue weighted by atomic mass is 16.4. The van der Waals surface area contributed by atoms with E-state index in [1.807, 2.05) is 18.4 Å². The smallest absolute Gasteiger partial charge is 0.247 e. The van der Waals surface area contributed by atoms with E-state index in [0.29, 0.717) is 11.8 Å². The normalized spacial score (nSPS) is 13.0. The van der Waals surface area contributed by atoms with E-state index < -0.39 is 0 Å². The molecule has 0 N–H and O–H groups in total. The van der Waals surface area contributed by atoms with Crippen LogP contribution in [-0.4, -0.2) is 10.2 Å². The van der Waals surface area contributed by atoms with Crippen LogP contribution in [0.5, 0.6) is 0 Å². The maximum Gasteiger partial charge on any atom is 0.247 e. The van der Waals surface area contributed by atoms with Gasteiger partial charge in [-0.25, -0.2) is 0 Å². The van der Waals surface area contributed by atoms with Crippen molar-refractivity contribution >= 4 is 11.0 Å². The Morgan fingerprint density at radius 3 is 2.23 bits per heavy atom. The van der Waals surface area contributed by atoms with Gasteiger partial charge in [-0.05, 0) is 17.5 Å². The van der Waals surface area contributed by atoms with Crippen molar-refractivity contribution in [3.63, 3.8) is 0 Å². The summed E-state index contributed by atoms with van der Waals surface area (Å²) in [6, 6.07) is 6.04. The Kier molecular flexibility index (Phi) is 3.17. The van der Waals surface area contributed by atoms with E-state index >= 15 is 0 Å². The zero-order valence-corrected chi connectivity index (χ0v) is 14.0. The summed E-state index contributed by atoms with van der Waals surface area (Å²) in [5, 5.41) is 9.43. The third kappa shape index (κ3) is 2.54. The first-order chi connectivity index (χ1) is 10.2. The van der Waals surface area contributed by atoms with E-state index in [1.165, 1.54) is 5.56 Å². The molecule has 0 atom stereocenters. The topological polar surface area (TPSA) is 52.1 Å². The van der Waals surface area contributed by atoms with E-state index in [9.17, 15) is 0 Å². The number of furan rings is 1. The molecular weight excluding hydrogens is 276 g/mol. The summed E-state index contributed by atoms with van der Waals surface area (Å²) in [6.07, 6.45) is 1.84. The molecule has 0 radical (unpaired) electrons. The van der Waals surface area contributed by atoms with Gasteiger partial charge in [0, 0.05) is 21.9 Å². The van der Waals surface area contributed by atoms with Crippen molar-refractivity contribution in [2.24, 2.45) is 0 Å². The number of hydrogen-bond acceptors (Lipinski definition) is 4. The van der Waals surface area contributed by atoms with Gasteiger partial charge < -0.3 is 8.83 Å². The molecule has 0 aliphatic heterocycles. The Morgan fingerprint density at radius 1 is 0.909 bits per heavy atom. The molecule has 0 bridgehead atoms. The fourth-order valence-electron chi connectivity index (χ4n) is 2.39. The molecule has 0 amide bonds. The highest BCUT2D eigenvalue weighted by Crippen LogP contribution is 2.34. The molecule has 0 spiro atoms. The molecule has 22 heavy (non-hydrogen) atoms. The van der Waals surface area contributed by atoms with Crippen molar-refractivity contribution in [1.29, 1.82) is 0 Å². The van der Waals surface area contributed by atoms with Crippen LogP contribution in [-0.2, 0) is 10.8 Å². The minimum absolute atomic E-state index is 0.0522. The lowest BCUT2D eigenvalue weighted by atomic mass is 9.87. The second-order valence-corrected chi connectivity index (χ2v) is 7.77. The van der Waals surface area contributed by atoms with Crippen LogP contribution in [0.25, 0.3) is 22.4 Å². The highest BCUT2D eigenvalue weighted by molar-refractivity contribution is 5.85. The van der Waals surface area contributed by atoms with Gasteiger partial charge in [-0.3, -0.25) is 0 Å². The number of hydrogen-bond donors (Lipinski definition) is 0. The second kappa shape index (κ2) is 4.70. The molecule has 0 saturated carbocycles. The van der Waals surface area contributed by atoms with Crippen LogP contribution in [0.1, 0.15) is 53.0 Å². The first kappa shape index (κ1) is 14.8. The first-order valence-corrected chi connectivity index (χ1v) is 7.52. The van der Waals surface area contributed by atoms with Crippen LogP contribution < -0.4 is 0 Å². The van der Waals surface area contributed by atoms with Gasteiger partial charge in [0.25, 0.3) is 0 Å². The van der Waals surface area contributed by atoms with Crippen LogP contribution in [0.2, 0.25) is 0 Å². The van der Waals surface area contributed by atoms with Gasteiger partial charge in [-0.15, -0.1) is 10.2 Å². The van der Waals surface area contributed by atoms with Crippen LogP contribution in [0.4, 0.5) is 0 Å². The van der Waals surface area contributed by atoms with Crippen LogP contribution in [0.15, 0.2) is 33.3 Å². The van der Waals surface area contributed by atoms with Gasteiger partial charge >= 0.3 is 0 Å². The number of rotatable bonds is 1. The van der Waals surface area contributed by atoms with Crippen LogP contribution in [0.3, 0.4) is 0 Å². The van der Waals surface area contributed by atoms with Crippen molar-refractivity contribution in [3.05, 3.63) is 35.9 Å². The highest BCUT2D eigenvalue weighted by Gasteiger charge is 2.23. The lowest BCUT2D eigenvalue weighted by molar-refractivity contribution is 0.399. The van der Waals surface area contributed by atoms with E-state index in [-0.39, 0.29) is 10.8 Å². The second-order valence-electron chi connectivity index (χ2n) is 7.77. The molecule has 2 aromatic heterocycles. The molecule has 0 fully saturated rings. The summed E-state index contributed by atoms with van der Waals surface area (Å²) >= 11 is 0. The predicted molar refractivity (Wildman–Crippen MR) is 86.9 cm³/mol. The van der Waals surface area contributed by atoms with E-state index in [1.54, 1.807) is 0 Å². The Balaban J connectivity index is 2.05. The zero-order valence-electron chi connectivity index (χ0n) is 14.0. The Labute approximate surface area is 130 Å². The van der Waals surface area contributed by atoms with Crippen LogP contribution in [0, 0.1) is 0 Å². The lowest BCUT2D eigenvalue weighted by Gasteiger charge is -2.16. The zero-order chi connectivity index (χ0) is 16.1. The minimum Gasteiger partial charge on any atom is -0.464 e. The number of aromatic nitrogens is 2. The third-order valence-corrected chi connectivity index (χ3v) is 3.70. The summed E-state index contributed by atoms with van der Waals surface area (Å²) in [5.41, 5.74) is 2.83. The molecular formula is C18H22N2O2. The van der Waals surface area contributed by atoms with Gasteiger partial charge in [0.15, 0.2) is 0 Å². The maximum absolute atomic E-state index is 5.79. The summed E-state index contributed by atoms with van der Waals surface area (Å²) in [5.74, 6) is 1.16. The fraction of sp³-hybridized carbons (Fsp3) is 0.444. The summed E-state index contributed by atoms with van der Waals surface area (Å²) in [4.78, 5) is 0. The molecule has 3 aromatic rings. The average Bonchev–Trinajstić information content (AvgIpc) is 3.03. The Morgan fingerprint density at radius 2 is 1.64 bits per heavy atom. The minimum atomic E-state index is -0.153. The van der Waals surface area contributed by atoms with Gasteiger partial charge in [0.2, 0.25) is 11.8 Å². The third-order valence-electron chi connectivity index (χ3n) is 3.70. The largest absolute Gasteiger partial charge is 0.464 e. The monoisotopic (exact) mass is 298 g/mol. The molecule has 0 unspecified atom stereocenters. The first-order valence-electron chi connectivity index (χ1n) is 7.52. The SMILES string of the molecule is CC(C)(C)c1nnc(-c2ccc3c(C(C)(C)C)coc3c2)o1. The van der Waals surface area contributed by atoms with E-state index in [0.717, 1.165) is 16.5 Å². The number of benzene rings is 1.